The van der Waals surface area contributed by atoms with Crippen molar-refractivity contribution in [2.45, 2.75) is 95.7 Å². The molecule has 0 amide bonds. The summed E-state index contributed by atoms with van der Waals surface area (Å²) in [5.74, 6) is 2.49. The predicted octanol–water partition coefficient (Wildman–Crippen LogP) is 28.4. The molecular weight excluding hydrogens is 1350 g/mol. The fraction of sp³-hybridized carbons (Fsp3) is 0.140. The fourth-order valence-electron chi connectivity index (χ4n) is 18.3. The van der Waals surface area contributed by atoms with Crippen molar-refractivity contribution < 1.29 is 9.47 Å². The number of hydrogen-bond acceptors (Lipinski definition) is 4. The van der Waals surface area contributed by atoms with Crippen molar-refractivity contribution >= 4 is 40.2 Å². The molecule has 15 aromatic carbocycles. The molecule has 3 aliphatic rings. The van der Waals surface area contributed by atoms with E-state index < -0.39 is 5.41 Å². The van der Waals surface area contributed by atoms with Crippen molar-refractivity contribution in [1.82, 2.24) is 0 Å². The van der Waals surface area contributed by atoms with Gasteiger partial charge in [-0.1, -0.05) is 315 Å². The van der Waals surface area contributed by atoms with Crippen LogP contribution in [0.3, 0.4) is 0 Å². The van der Waals surface area contributed by atoms with Crippen LogP contribution in [0.25, 0.3) is 61.7 Å². The maximum absolute atomic E-state index is 6.81. The number of benzene rings is 15. The lowest BCUT2D eigenvalue weighted by Crippen LogP contribution is -2.28. The molecule has 2 unspecified atom stereocenters. The van der Waals surface area contributed by atoms with Crippen LogP contribution in [0.1, 0.15) is 139 Å². The van der Waals surface area contributed by atoms with Gasteiger partial charge in [0.1, 0.15) is 24.7 Å². The highest BCUT2D eigenvalue weighted by Crippen LogP contribution is 2.60. The van der Waals surface area contributed by atoms with Gasteiger partial charge >= 0.3 is 0 Å². The van der Waals surface area contributed by atoms with Crippen LogP contribution in [0.5, 0.6) is 11.5 Å². The average Bonchev–Trinajstić information content (AvgIpc) is 1.54. The van der Waals surface area contributed by atoms with Crippen molar-refractivity contribution in [3.05, 3.63) is 437 Å². The maximum Gasteiger partial charge on any atom is 0.119 e. The van der Waals surface area contributed by atoms with Gasteiger partial charge in [0, 0.05) is 45.0 Å². The van der Waals surface area contributed by atoms with Gasteiger partial charge < -0.3 is 19.3 Å². The molecule has 0 radical (unpaired) electrons. The molecular formula is C107H90N2O2. The SMILES string of the molecule is C=Cc1ccc(COc2ccc(C(C)CC(CC)c3ccc(COc4ccc(C5(c6ccccc6)c6ccc(N(c7ccc(-c8ccccc8)cc7)c7ccc8c(c7)C(C)(C)c7ccccc7-8)cc6-c6cc(N(c7ccc(-c8ccccc8)cc7)c7ccc8c(c7)C(C)(C)c7ccccc7-8)ccc65)cc4)cc3)cc2)cc1. The predicted molar refractivity (Wildman–Crippen MR) is 463 cm³/mol. The lowest BCUT2D eigenvalue weighted by Gasteiger charge is -2.35. The van der Waals surface area contributed by atoms with Crippen LogP contribution in [-0.4, -0.2) is 0 Å². The Bertz CT molecular complexity index is 5660. The van der Waals surface area contributed by atoms with Crippen LogP contribution < -0.4 is 19.3 Å². The molecule has 2 atom stereocenters. The van der Waals surface area contributed by atoms with E-state index in [1.165, 1.54) is 106 Å². The second-order valence-corrected chi connectivity index (χ2v) is 31.5. The zero-order valence-corrected chi connectivity index (χ0v) is 64.0. The third-order valence-corrected chi connectivity index (χ3v) is 24.3. The second kappa shape index (κ2) is 29.0. The largest absolute Gasteiger partial charge is 0.489 e. The summed E-state index contributed by atoms with van der Waals surface area (Å²) < 4.78 is 13.0. The number of hydrogen-bond donors (Lipinski definition) is 0. The summed E-state index contributed by atoms with van der Waals surface area (Å²) in [5, 5.41) is 0. The minimum atomic E-state index is -0.751. The first-order chi connectivity index (χ1) is 54.3. The standard InChI is InChI=1S/C107H90N2O2/c1-8-73-33-35-74(36-34-73)70-110-91-57-45-77(46-58-91)72(3)65-76(9-2)80-39-37-75(38-40-80)71-111-92-59-47-84(48-60-92)107(83-27-17-12-18-28-83)101-63-55-87(108(85-49-41-81(42-50-85)78-23-13-10-14-24-78)89-53-61-95-93-29-19-21-31-99(93)105(4,5)103(95)68-89)66-97(101)98-67-88(56-64-102(98)107)109(86-51-43-82(44-52-86)79-25-15-11-16-26-79)90-54-62-96-94-30-20-22-32-100(94)106(6,7)104(96)69-90/h8,10-64,66-69,72,76H,1,9,65,70-71H2,2-7H3. The van der Waals surface area contributed by atoms with E-state index in [0.717, 1.165) is 80.7 Å². The number of ether oxygens (including phenoxy) is 2. The molecule has 0 heterocycles. The van der Waals surface area contributed by atoms with Gasteiger partial charge in [-0.25, -0.2) is 0 Å². The summed E-state index contributed by atoms with van der Waals surface area (Å²) in [6.45, 7) is 19.0. The van der Waals surface area contributed by atoms with Gasteiger partial charge in [0.2, 0.25) is 0 Å². The van der Waals surface area contributed by atoms with Gasteiger partial charge in [0.25, 0.3) is 0 Å². The summed E-state index contributed by atoms with van der Waals surface area (Å²) in [4.78, 5) is 4.97. The van der Waals surface area contributed by atoms with E-state index in [-0.39, 0.29) is 10.8 Å². The number of fused-ring (bicyclic) bond motifs is 9. The Morgan fingerprint density at radius 1 is 0.324 bits per heavy atom. The van der Waals surface area contributed by atoms with E-state index in [0.29, 0.717) is 25.0 Å². The normalized spacial score (nSPS) is 14.0. The third kappa shape index (κ3) is 12.7. The minimum absolute atomic E-state index is 0.211. The van der Waals surface area contributed by atoms with Crippen LogP contribution >= 0.6 is 0 Å². The van der Waals surface area contributed by atoms with Gasteiger partial charge in [-0.15, -0.1) is 0 Å². The zero-order chi connectivity index (χ0) is 75.4. The van der Waals surface area contributed by atoms with Crippen LogP contribution in [0, 0.1) is 0 Å². The van der Waals surface area contributed by atoms with Crippen LogP contribution in [0.4, 0.5) is 34.1 Å². The summed E-state index contributed by atoms with van der Waals surface area (Å²) in [7, 11) is 0. The third-order valence-electron chi connectivity index (χ3n) is 24.3. The van der Waals surface area contributed by atoms with Gasteiger partial charge in [0.05, 0.1) is 5.41 Å². The summed E-state index contributed by atoms with van der Waals surface area (Å²) >= 11 is 0. The van der Waals surface area contributed by atoms with Crippen molar-refractivity contribution in [1.29, 1.82) is 0 Å². The van der Waals surface area contributed by atoms with E-state index in [1.807, 2.05) is 6.08 Å². The van der Waals surface area contributed by atoms with Crippen molar-refractivity contribution in [2.75, 3.05) is 9.80 Å². The lowest BCUT2D eigenvalue weighted by atomic mass is 9.67. The van der Waals surface area contributed by atoms with Gasteiger partial charge in [0.15, 0.2) is 0 Å². The smallest absolute Gasteiger partial charge is 0.119 e. The Kier molecular flexibility index (Phi) is 18.3. The van der Waals surface area contributed by atoms with E-state index in [2.05, 4.69) is 416 Å². The summed E-state index contributed by atoms with van der Waals surface area (Å²) in [6.07, 6.45) is 3.97. The van der Waals surface area contributed by atoms with Crippen molar-refractivity contribution in [3.63, 3.8) is 0 Å². The molecule has 540 valence electrons. The molecule has 0 saturated carbocycles. The molecule has 111 heavy (non-hydrogen) atoms. The Balaban J connectivity index is 0.727. The molecule has 0 aliphatic heterocycles. The topological polar surface area (TPSA) is 24.9 Å². The molecule has 3 aliphatic carbocycles. The van der Waals surface area contributed by atoms with Crippen LogP contribution in [-0.2, 0) is 29.5 Å². The molecule has 15 aromatic rings. The summed E-state index contributed by atoms with van der Waals surface area (Å²) in [5.41, 5.74) is 33.7. The van der Waals surface area contributed by atoms with E-state index in [1.54, 1.807) is 0 Å². The summed E-state index contributed by atoms with van der Waals surface area (Å²) in [6, 6.07) is 133. The second-order valence-electron chi connectivity index (χ2n) is 31.5. The highest BCUT2D eigenvalue weighted by Gasteiger charge is 2.47. The molecule has 0 spiro atoms. The molecule has 0 bridgehead atoms. The maximum atomic E-state index is 6.81. The number of rotatable bonds is 22. The van der Waals surface area contributed by atoms with Crippen molar-refractivity contribution in [2.24, 2.45) is 0 Å². The lowest BCUT2D eigenvalue weighted by molar-refractivity contribution is 0.306. The zero-order valence-electron chi connectivity index (χ0n) is 64.0. The van der Waals surface area contributed by atoms with E-state index in [9.17, 15) is 0 Å². The van der Waals surface area contributed by atoms with Gasteiger partial charge in [-0.05, 0) is 250 Å². The van der Waals surface area contributed by atoms with Gasteiger partial charge in [-0.3, -0.25) is 0 Å². The van der Waals surface area contributed by atoms with Crippen LogP contribution in [0.15, 0.2) is 364 Å². The Labute approximate surface area is 654 Å². The minimum Gasteiger partial charge on any atom is -0.489 e. The first kappa shape index (κ1) is 69.9. The average molecular weight is 1440 g/mol. The Morgan fingerprint density at radius 2 is 0.694 bits per heavy atom. The molecule has 18 rings (SSSR count). The quantitative estimate of drug-likeness (QED) is 0.0675. The molecule has 4 nitrogen and oxygen atoms in total. The number of nitrogens with zero attached hydrogens (tertiary/aromatic N) is 2. The first-order valence-electron chi connectivity index (χ1n) is 39.3. The molecule has 0 fully saturated rings. The number of anilines is 6. The van der Waals surface area contributed by atoms with E-state index >= 15 is 0 Å². The fourth-order valence-corrected chi connectivity index (χ4v) is 18.3. The molecule has 0 N–H and O–H groups in total. The molecule has 0 aromatic heterocycles. The Hall–Kier alpha value is -12.8. The highest BCUT2D eigenvalue weighted by atomic mass is 16.5. The van der Waals surface area contributed by atoms with Crippen LogP contribution in [0.2, 0.25) is 0 Å². The Morgan fingerprint density at radius 3 is 1.15 bits per heavy atom. The van der Waals surface area contributed by atoms with Crippen molar-refractivity contribution in [3.8, 4) is 67.1 Å². The van der Waals surface area contributed by atoms with Gasteiger partial charge in [-0.2, -0.15) is 0 Å². The first-order valence-corrected chi connectivity index (χ1v) is 39.3. The van der Waals surface area contributed by atoms with E-state index in [4.69, 9.17) is 9.47 Å². The highest BCUT2D eigenvalue weighted by molar-refractivity contribution is 5.95. The molecule has 4 heteroatoms. The molecule has 0 saturated heterocycles. The monoisotopic (exact) mass is 1430 g/mol.